The third kappa shape index (κ3) is 7.30. The topological polar surface area (TPSA) is 131 Å². The highest BCUT2D eigenvalue weighted by atomic mass is 16.5. The van der Waals surface area contributed by atoms with Crippen molar-refractivity contribution in [2.24, 2.45) is 10.9 Å². The molecule has 4 amide bonds. The largest absolute Gasteiger partial charge is 0.497 e. The van der Waals surface area contributed by atoms with Crippen molar-refractivity contribution >= 4 is 29.6 Å². The normalized spacial score (nSPS) is 16.6. The Morgan fingerprint density at radius 1 is 1.24 bits per heavy atom. The van der Waals surface area contributed by atoms with Gasteiger partial charge >= 0.3 is 6.03 Å². The number of hydrogen-bond donors (Lipinski definition) is 2. The summed E-state index contributed by atoms with van der Waals surface area (Å²) in [4.78, 5) is 40.8. The number of ether oxygens (including phenoxy) is 1. The van der Waals surface area contributed by atoms with Crippen LogP contribution in [0.25, 0.3) is 6.08 Å². The van der Waals surface area contributed by atoms with E-state index in [2.05, 4.69) is 34.6 Å². The zero-order valence-electron chi connectivity index (χ0n) is 24.0. The molecule has 11 nitrogen and oxygen atoms in total. The molecule has 1 fully saturated rings. The Hall–Kier alpha value is -4.67. The van der Waals surface area contributed by atoms with Crippen molar-refractivity contribution < 1.29 is 23.5 Å². The number of aromatic nitrogens is 2. The minimum atomic E-state index is -0.786. The first-order valence-corrected chi connectivity index (χ1v) is 13.5. The lowest BCUT2D eigenvalue weighted by molar-refractivity contribution is -0.120. The number of furan rings is 1. The summed E-state index contributed by atoms with van der Waals surface area (Å²) in [7, 11) is 3.35. The Morgan fingerprint density at radius 2 is 2.05 bits per heavy atom. The van der Waals surface area contributed by atoms with E-state index in [-0.39, 0.29) is 5.91 Å². The van der Waals surface area contributed by atoms with Gasteiger partial charge in [-0.25, -0.2) is 4.79 Å². The van der Waals surface area contributed by atoms with Crippen LogP contribution in [0.5, 0.6) is 5.75 Å². The van der Waals surface area contributed by atoms with Crippen molar-refractivity contribution in [1.29, 1.82) is 0 Å². The summed E-state index contributed by atoms with van der Waals surface area (Å²) >= 11 is 0. The fraction of sp³-hybridized carbons (Fsp3) is 0.367. The molecule has 5 rings (SSSR count). The number of nitrogens with one attached hydrogen (secondary N) is 2. The maximum absolute atomic E-state index is 11.8. The van der Waals surface area contributed by atoms with Crippen LogP contribution < -0.4 is 15.4 Å². The van der Waals surface area contributed by atoms with E-state index in [1.165, 1.54) is 0 Å². The van der Waals surface area contributed by atoms with Crippen LogP contribution in [0.1, 0.15) is 59.8 Å². The number of methoxy groups -OCH3 is 1. The predicted octanol–water partition coefficient (Wildman–Crippen LogP) is 4.01. The standard InChI is InChI=1S/C19H23N5O3.C11H13NO2/c1-12(2)10-24-11-13(9-21-24)8-14(20-3)4-5-15-6-7-16(27-15)17-18(25)23-19(26)22-17;1-3-12-7-8-4-5-9(14-2)6-10(8)11(12)13/h4-7,9,11-12,17H,8,10H2,1-3H3,(H2,22,23,25,26);4-6H,3,7H2,1-2H3/b5-4-,20-14?;. The van der Waals surface area contributed by atoms with E-state index in [0.29, 0.717) is 23.9 Å². The van der Waals surface area contributed by atoms with Gasteiger partial charge < -0.3 is 19.4 Å². The second-order valence-electron chi connectivity index (χ2n) is 10.2. The Balaban J connectivity index is 0.000000231. The molecule has 2 aliphatic rings. The van der Waals surface area contributed by atoms with Gasteiger partial charge in [-0.1, -0.05) is 19.9 Å². The molecule has 0 radical (unpaired) electrons. The van der Waals surface area contributed by atoms with E-state index in [9.17, 15) is 14.4 Å². The van der Waals surface area contributed by atoms with Crippen LogP contribution in [0.2, 0.25) is 0 Å². The molecule has 2 aromatic heterocycles. The molecule has 4 heterocycles. The quantitative estimate of drug-likeness (QED) is 0.300. The molecule has 3 aromatic rings. The SMILES string of the molecule is CCN1Cc2ccc(OC)cc2C1=O.CN=C(/C=C\c1ccc(C2NC(=O)NC2=O)o1)Cc1cnn(CC(C)C)c1. The molecular formula is C30H36N6O5. The number of benzene rings is 1. The van der Waals surface area contributed by atoms with Crippen molar-refractivity contribution in [3.63, 3.8) is 0 Å². The minimum Gasteiger partial charge on any atom is -0.497 e. The van der Waals surface area contributed by atoms with E-state index in [0.717, 1.165) is 47.8 Å². The van der Waals surface area contributed by atoms with E-state index >= 15 is 0 Å². The number of hydrogen-bond acceptors (Lipinski definition) is 7. The van der Waals surface area contributed by atoms with Crippen LogP contribution >= 0.6 is 0 Å². The highest BCUT2D eigenvalue weighted by Gasteiger charge is 2.33. The van der Waals surface area contributed by atoms with Crippen LogP contribution in [-0.2, 0) is 24.3 Å². The molecule has 1 unspecified atom stereocenters. The Kier molecular flexibility index (Phi) is 9.38. The molecule has 0 saturated carbocycles. The number of rotatable bonds is 9. The zero-order chi connectivity index (χ0) is 29.5. The van der Waals surface area contributed by atoms with E-state index in [1.807, 2.05) is 53.2 Å². The molecule has 2 N–H and O–H groups in total. The zero-order valence-corrected chi connectivity index (χ0v) is 24.0. The molecule has 0 aliphatic carbocycles. The molecule has 1 atom stereocenters. The molecular weight excluding hydrogens is 524 g/mol. The van der Waals surface area contributed by atoms with Gasteiger partial charge in [-0.05, 0) is 60.4 Å². The van der Waals surface area contributed by atoms with Crippen molar-refractivity contribution in [3.05, 3.63) is 77.0 Å². The number of urea groups is 1. The maximum Gasteiger partial charge on any atom is 0.322 e. The highest BCUT2D eigenvalue weighted by Crippen LogP contribution is 2.26. The number of fused-ring (bicyclic) bond motifs is 1. The third-order valence-corrected chi connectivity index (χ3v) is 6.64. The van der Waals surface area contributed by atoms with Crippen LogP contribution in [-0.4, -0.2) is 58.9 Å². The average Bonchev–Trinajstić information content (AvgIpc) is 3.73. The summed E-state index contributed by atoms with van der Waals surface area (Å²) in [6.07, 6.45) is 8.22. The van der Waals surface area contributed by atoms with Gasteiger partial charge in [0, 0.05) is 50.6 Å². The molecule has 2 aliphatic heterocycles. The second-order valence-corrected chi connectivity index (χ2v) is 10.2. The lowest BCUT2D eigenvalue weighted by atomic mass is 10.1. The van der Waals surface area contributed by atoms with Crippen molar-refractivity contribution in [1.82, 2.24) is 25.3 Å². The van der Waals surface area contributed by atoms with Crippen LogP contribution in [0.3, 0.4) is 0 Å². The third-order valence-electron chi connectivity index (χ3n) is 6.64. The van der Waals surface area contributed by atoms with Crippen molar-refractivity contribution in [3.8, 4) is 5.75 Å². The Morgan fingerprint density at radius 3 is 2.71 bits per heavy atom. The van der Waals surface area contributed by atoms with Gasteiger partial charge in [-0.3, -0.25) is 24.6 Å². The number of carbonyl (C=O) groups is 3. The Bertz CT molecular complexity index is 1470. The van der Waals surface area contributed by atoms with Gasteiger partial charge in [0.2, 0.25) is 0 Å². The molecule has 1 saturated heterocycles. The summed E-state index contributed by atoms with van der Waals surface area (Å²) in [5.41, 5.74) is 3.85. The number of amides is 4. The van der Waals surface area contributed by atoms with Gasteiger partial charge in [0.1, 0.15) is 17.3 Å². The van der Waals surface area contributed by atoms with Gasteiger partial charge in [-0.15, -0.1) is 0 Å². The molecule has 1 aromatic carbocycles. The van der Waals surface area contributed by atoms with Crippen LogP contribution in [0, 0.1) is 5.92 Å². The lowest BCUT2D eigenvalue weighted by Gasteiger charge is -2.10. The van der Waals surface area contributed by atoms with Gasteiger partial charge in [0.15, 0.2) is 6.04 Å². The summed E-state index contributed by atoms with van der Waals surface area (Å²) in [5, 5.41) is 9.06. The Labute approximate surface area is 239 Å². The summed E-state index contributed by atoms with van der Waals surface area (Å²) in [6, 6.07) is 7.79. The molecule has 0 bridgehead atoms. The van der Waals surface area contributed by atoms with E-state index in [4.69, 9.17) is 9.15 Å². The number of aliphatic imine (C=N–C) groups is 1. The molecule has 216 valence electrons. The molecule has 11 heteroatoms. The first-order chi connectivity index (χ1) is 19.7. The van der Waals surface area contributed by atoms with Crippen molar-refractivity contribution in [2.75, 3.05) is 20.7 Å². The number of allylic oxidation sites excluding steroid dienone is 1. The van der Waals surface area contributed by atoms with E-state index in [1.54, 1.807) is 32.4 Å². The fourth-order valence-corrected chi connectivity index (χ4v) is 4.52. The molecule has 41 heavy (non-hydrogen) atoms. The summed E-state index contributed by atoms with van der Waals surface area (Å²) in [6.45, 7) is 8.67. The fourth-order valence-electron chi connectivity index (χ4n) is 4.52. The molecule has 0 spiro atoms. The van der Waals surface area contributed by atoms with Gasteiger partial charge in [-0.2, -0.15) is 5.10 Å². The first-order valence-electron chi connectivity index (χ1n) is 13.5. The van der Waals surface area contributed by atoms with Gasteiger partial charge in [0.05, 0.1) is 13.3 Å². The van der Waals surface area contributed by atoms with Gasteiger partial charge in [0.25, 0.3) is 11.8 Å². The monoisotopic (exact) mass is 560 g/mol. The average molecular weight is 561 g/mol. The minimum absolute atomic E-state index is 0.112. The second kappa shape index (κ2) is 13.1. The predicted molar refractivity (Wildman–Crippen MR) is 155 cm³/mol. The number of carbonyl (C=O) groups excluding carboxylic acids is 3. The van der Waals surface area contributed by atoms with Crippen LogP contribution in [0.15, 0.2) is 58.2 Å². The highest BCUT2D eigenvalue weighted by molar-refractivity contribution is 6.04. The summed E-state index contributed by atoms with van der Waals surface area (Å²) < 4.78 is 12.7. The lowest BCUT2D eigenvalue weighted by Crippen LogP contribution is -2.22. The summed E-state index contributed by atoms with van der Waals surface area (Å²) in [5.74, 6) is 1.95. The van der Waals surface area contributed by atoms with Crippen molar-refractivity contribution in [2.45, 2.75) is 46.3 Å². The van der Waals surface area contributed by atoms with E-state index < -0.39 is 18.0 Å². The maximum atomic E-state index is 11.8. The van der Waals surface area contributed by atoms with Crippen LogP contribution in [0.4, 0.5) is 4.79 Å². The number of imide groups is 1. The number of nitrogens with zero attached hydrogens (tertiary/aromatic N) is 4. The smallest absolute Gasteiger partial charge is 0.322 e. The first kappa shape index (κ1) is 29.3.